The molecule has 0 amide bonds. The first-order valence-corrected chi connectivity index (χ1v) is 10.6. The molecule has 4 aromatic rings. The Kier molecular flexibility index (Phi) is 13.2. The van der Waals surface area contributed by atoms with Crippen LogP contribution in [0.1, 0.15) is 5.56 Å². The summed E-state index contributed by atoms with van der Waals surface area (Å²) in [5.74, 6) is -0.253. The largest absolute Gasteiger partial charge is 2.00 e. The number of rotatable bonds is 4. The van der Waals surface area contributed by atoms with Gasteiger partial charge < -0.3 is 20.0 Å². The SMILES string of the molecule is CN(C)c1ccncc1.CN(C)c1ccncc1.[Cu+2].[O-]c1ccccc1C=Nc1ccccc1[O-]. The summed E-state index contributed by atoms with van der Waals surface area (Å²) < 4.78 is 0. The standard InChI is InChI=1S/C13H11NO2.2C7H10N2.Cu/c15-12-7-3-1-5-10(12)9-14-11-6-2-4-8-13(11)16;2*1-9(2)7-3-5-8-6-4-7;/h1-9,15-16H;2*3-6H,1-2H3;/q;;;+2/p-2. The summed E-state index contributed by atoms with van der Waals surface area (Å²) in [5.41, 5.74) is 3.19. The van der Waals surface area contributed by atoms with E-state index in [2.05, 4.69) is 15.0 Å². The molecule has 0 atom stereocenters. The van der Waals surface area contributed by atoms with Crippen molar-refractivity contribution < 1.29 is 27.3 Å². The maximum absolute atomic E-state index is 11.4. The zero-order valence-electron chi connectivity index (χ0n) is 20.2. The van der Waals surface area contributed by atoms with Crippen LogP contribution < -0.4 is 20.0 Å². The number of hydrogen-bond donors (Lipinski definition) is 0. The number of aliphatic imine (C=N–C) groups is 1. The van der Waals surface area contributed by atoms with Crippen molar-refractivity contribution in [2.24, 2.45) is 4.99 Å². The van der Waals surface area contributed by atoms with E-state index in [1.165, 1.54) is 29.7 Å². The van der Waals surface area contributed by atoms with Gasteiger partial charge in [0.05, 0.1) is 5.69 Å². The van der Waals surface area contributed by atoms with Gasteiger partial charge in [0.2, 0.25) is 0 Å². The summed E-state index contributed by atoms with van der Waals surface area (Å²) in [5, 5.41) is 22.7. The van der Waals surface area contributed by atoms with Crippen molar-refractivity contribution in [2.75, 3.05) is 38.0 Å². The van der Waals surface area contributed by atoms with Crippen LogP contribution in [0.3, 0.4) is 0 Å². The molecule has 1 radical (unpaired) electrons. The molecule has 2 heterocycles. The molecule has 0 aliphatic carbocycles. The molecule has 0 N–H and O–H groups in total. The van der Waals surface area contributed by atoms with E-state index in [1.54, 1.807) is 61.2 Å². The van der Waals surface area contributed by atoms with E-state index in [1.807, 2.05) is 62.3 Å². The second-order valence-electron chi connectivity index (χ2n) is 7.46. The minimum absolute atomic E-state index is 0. The van der Waals surface area contributed by atoms with Gasteiger partial charge in [0.15, 0.2) is 0 Å². The van der Waals surface area contributed by atoms with Gasteiger partial charge >= 0.3 is 17.1 Å². The van der Waals surface area contributed by atoms with Crippen molar-refractivity contribution in [1.29, 1.82) is 0 Å². The number of nitrogens with zero attached hydrogens (tertiary/aromatic N) is 5. The number of benzene rings is 2. The third kappa shape index (κ3) is 10.7. The molecule has 4 rings (SSSR count). The molecule has 2 aromatic carbocycles. The van der Waals surface area contributed by atoms with Crippen LogP contribution in [-0.4, -0.2) is 44.4 Å². The minimum Gasteiger partial charge on any atom is -0.872 e. The second kappa shape index (κ2) is 15.9. The van der Waals surface area contributed by atoms with Crippen LogP contribution in [0.4, 0.5) is 17.1 Å². The number of pyridine rings is 2. The van der Waals surface area contributed by atoms with E-state index in [4.69, 9.17) is 0 Å². The molecule has 185 valence electrons. The van der Waals surface area contributed by atoms with Crippen molar-refractivity contribution >= 4 is 23.3 Å². The van der Waals surface area contributed by atoms with Gasteiger partial charge in [-0.1, -0.05) is 48.2 Å². The van der Waals surface area contributed by atoms with Gasteiger partial charge in [0.1, 0.15) is 0 Å². The molecule has 2 aromatic heterocycles. The van der Waals surface area contributed by atoms with Crippen molar-refractivity contribution in [3.8, 4) is 11.5 Å². The molecule has 0 unspecified atom stereocenters. The molecule has 0 aliphatic rings. The van der Waals surface area contributed by atoms with Crippen LogP contribution in [0.5, 0.6) is 11.5 Å². The van der Waals surface area contributed by atoms with E-state index >= 15 is 0 Å². The Morgan fingerprint density at radius 1 is 0.629 bits per heavy atom. The van der Waals surface area contributed by atoms with E-state index in [0.717, 1.165) is 0 Å². The first kappa shape index (κ1) is 29.2. The topological polar surface area (TPSA) is 90.7 Å². The smallest absolute Gasteiger partial charge is 0.872 e. The normalized spacial score (nSPS) is 9.60. The Bertz CT molecular complexity index is 1050. The number of hydrogen-bond acceptors (Lipinski definition) is 7. The number of anilines is 2. The Morgan fingerprint density at radius 3 is 1.46 bits per heavy atom. The summed E-state index contributed by atoms with van der Waals surface area (Å²) in [6.45, 7) is 0. The van der Waals surface area contributed by atoms with Crippen LogP contribution in [0.15, 0.2) is 103 Å². The van der Waals surface area contributed by atoms with Gasteiger partial charge in [-0.2, -0.15) is 0 Å². The fourth-order valence-electron chi connectivity index (χ4n) is 2.57. The predicted octanol–water partition coefficient (Wildman–Crippen LogP) is 3.88. The fraction of sp³-hybridized carbons (Fsp3) is 0.148. The third-order valence-electron chi connectivity index (χ3n) is 4.49. The van der Waals surface area contributed by atoms with Gasteiger partial charge in [-0.3, -0.25) is 15.0 Å². The van der Waals surface area contributed by atoms with Crippen LogP contribution in [0, 0.1) is 0 Å². The first-order chi connectivity index (χ1) is 16.4. The summed E-state index contributed by atoms with van der Waals surface area (Å²) in [7, 11) is 8.04. The minimum atomic E-state index is -0.151. The molecule has 0 saturated carbocycles. The second-order valence-corrected chi connectivity index (χ2v) is 7.46. The average Bonchev–Trinajstić information content (AvgIpc) is 2.86. The molecule has 7 nitrogen and oxygen atoms in total. The van der Waals surface area contributed by atoms with E-state index in [9.17, 15) is 10.2 Å². The Balaban J connectivity index is 0.000000278. The van der Waals surface area contributed by atoms with Gasteiger partial charge in [-0.15, -0.1) is 5.75 Å². The first-order valence-electron chi connectivity index (χ1n) is 10.6. The fourth-order valence-corrected chi connectivity index (χ4v) is 2.57. The maximum Gasteiger partial charge on any atom is 2.00 e. The quantitative estimate of drug-likeness (QED) is 0.301. The number of aromatic nitrogens is 2. The summed E-state index contributed by atoms with van der Waals surface area (Å²) >= 11 is 0. The van der Waals surface area contributed by atoms with Crippen LogP contribution in [0.25, 0.3) is 0 Å². The Morgan fingerprint density at radius 2 is 1.06 bits per heavy atom. The van der Waals surface area contributed by atoms with Gasteiger partial charge in [-0.25, -0.2) is 0 Å². The molecule has 0 fully saturated rings. The van der Waals surface area contributed by atoms with Crippen molar-refractivity contribution in [1.82, 2.24) is 9.97 Å². The maximum atomic E-state index is 11.4. The molecular weight excluding hydrogens is 490 g/mol. The van der Waals surface area contributed by atoms with Crippen LogP contribution in [0.2, 0.25) is 0 Å². The number of para-hydroxylation sites is 3. The van der Waals surface area contributed by atoms with Crippen molar-refractivity contribution in [3.05, 3.63) is 103 Å². The van der Waals surface area contributed by atoms with Gasteiger partial charge in [-0.05, 0) is 35.9 Å². The van der Waals surface area contributed by atoms with Crippen LogP contribution in [-0.2, 0) is 17.1 Å². The molecule has 0 spiro atoms. The Labute approximate surface area is 217 Å². The summed E-state index contributed by atoms with van der Waals surface area (Å²) in [6.07, 6.45) is 8.56. The van der Waals surface area contributed by atoms with E-state index < -0.39 is 0 Å². The zero-order valence-corrected chi connectivity index (χ0v) is 21.1. The monoisotopic (exact) mass is 518 g/mol. The van der Waals surface area contributed by atoms with E-state index in [0.29, 0.717) is 11.3 Å². The third-order valence-corrected chi connectivity index (χ3v) is 4.49. The Hall–Kier alpha value is -3.87. The molecule has 0 aliphatic heterocycles. The van der Waals surface area contributed by atoms with Crippen molar-refractivity contribution in [3.63, 3.8) is 0 Å². The summed E-state index contributed by atoms with van der Waals surface area (Å²) in [6, 6.07) is 20.9. The van der Waals surface area contributed by atoms with Gasteiger partial charge in [0, 0.05) is 70.6 Å². The van der Waals surface area contributed by atoms with E-state index in [-0.39, 0.29) is 28.6 Å². The van der Waals surface area contributed by atoms with Crippen molar-refractivity contribution in [2.45, 2.75) is 0 Å². The predicted molar refractivity (Wildman–Crippen MR) is 136 cm³/mol. The molecule has 35 heavy (non-hydrogen) atoms. The molecular formula is C27H29CuN5O2. The summed E-state index contributed by atoms with van der Waals surface area (Å²) in [4.78, 5) is 15.9. The molecule has 0 saturated heterocycles. The zero-order chi connectivity index (χ0) is 24.8. The van der Waals surface area contributed by atoms with Crippen LogP contribution >= 0.6 is 0 Å². The molecule has 0 bridgehead atoms. The van der Waals surface area contributed by atoms with Gasteiger partial charge in [0.25, 0.3) is 0 Å². The molecule has 8 heteroatoms. The average molecular weight is 519 g/mol.